The number of anilines is 2. The maximum absolute atomic E-state index is 14.1. The zero-order valence-corrected chi connectivity index (χ0v) is 30.0. The van der Waals surface area contributed by atoms with Gasteiger partial charge in [-0.3, -0.25) is 4.79 Å². The van der Waals surface area contributed by atoms with Crippen molar-refractivity contribution in [3.63, 3.8) is 0 Å². The van der Waals surface area contributed by atoms with Gasteiger partial charge in [-0.05, 0) is 60.7 Å². The Kier molecular flexibility index (Phi) is 9.56. The smallest absolute Gasteiger partial charge is 0.359 e. The number of carbonyl (C=O) groups is 2. The van der Waals surface area contributed by atoms with Crippen molar-refractivity contribution >= 4 is 71.8 Å². The number of hydrogen-bond donors (Lipinski definition) is 1. The third-order valence-corrected chi connectivity index (χ3v) is 11.0. The van der Waals surface area contributed by atoms with Crippen molar-refractivity contribution < 1.29 is 36.3 Å². The highest BCUT2D eigenvalue weighted by atomic mass is 32.1. The van der Waals surface area contributed by atoms with Crippen molar-refractivity contribution in [1.29, 1.82) is 0 Å². The number of aromatic nitrogens is 2. The number of amides is 1. The Labute approximate surface area is 317 Å². The molecule has 4 aromatic carbocycles. The molecule has 2 aliphatic heterocycles. The van der Waals surface area contributed by atoms with Crippen LogP contribution in [0.4, 0.5) is 42.9 Å². The maximum atomic E-state index is 14.1. The van der Waals surface area contributed by atoms with E-state index in [0.717, 1.165) is 53.1 Å². The number of nitrogens with two attached hydrogens (primary N) is 1. The van der Waals surface area contributed by atoms with E-state index in [9.17, 15) is 31.5 Å². The highest BCUT2D eigenvalue weighted by molar-refractivity contribution is 7.22. The third-order valence-electron chi connectivity index (χ3n) is 9.09. The van der Waals surface area contributed by atoms with Crippen molar-refractivity contribution in [2.75, 3.05) is 29.4 Å². The Morgan fingerprint density at radius 1 is 0.818 bits per heavy atom. The molecule has 0 bridgehead atoms. The van der Waals surface area contributed by atoms with E-state index in [4.69, 9.17) is 10.7 Å². The molecule has 6 aromatic rings. The number of fused-ring (bicyclic) bond motifs is 2. The normalized spacial score (nSPS) is 14.4. The third kappa shape index (κ3) is 6.80. The summed E-state index contributed by atoms with van der Waals surface area (Å²) in [7, 11) is 0. The summed E-state index contributed by atoms with van der Waals surface area (Å²) in [5, 5.41) is 11.0. The minimum Gasteiger partial charge on any atom is -0.415 e. The highest BCUT2D eigenvalue weighted by Gasteiger charge is 2.30. The Morgan fingerprint density at radius 3 is 2.29 bits per heavy atom. The summed E-state index contributed by atoms with van der Waals surface area (Å²) in [4.78, 5) is 39.7. The Morgan fingerprint density at radius 2 is 1.55 bits per heavy atom. The molecule has 0 spiro atoms. The fourth-order valence-corrected chi connectivity index (χ4v) is 8.18. The average Bonchev–Trinajstić information content (AvgIpc) is 4.03. The second-order valence-electron chi connectivity index (χ2n) is 12.5. The lowest BCUT2D eigenvalue weighted by atomic mass is 10.0. The molecule has 1 fully saturated rings. The standard InChI is InChI=1S/C38H26F5N7O3S2/c39-27-28(40)30(42)33(31(43)29(27)41)53-36(52)23(44)17-20-9-6-10-25-22(20)13-16-50(25)35(51)21-11-12-24-26(18-21)54-37(45-24)48-47-34-32(19-7-2-1-3-8-19)46-38(55-34)49-14-4-5-15-49/h1-3,6-12,17-18H,4-5,13-16,44H2/b23-17-,48-47+. The molecule has 55 heavy (non-hydrogen) atoms. The number of azo groups is 1. The molecule has 0 atom stereocenters. The molecule has 4 heterocycles. The van der Waals surface area contributed by atoms with E-state index in [-0.39, 0.29) is 12.5 Å². The first-order valence-corrected chi connectivity index (χ1v) is 18.5. The molecule has 278 valence electrons. The molecule has 0 unspecified atom stereocenters. The molecule has 10 nitrogen and oxygen atoms in total. The van der Waals surface area contributed by atoms with Crippen LogP contribution in [0.3, 0.4) is 0 Å². The lowest BCUT2D eigenvalue weighted by molar-refractivity contribution is -0.130. The van der Waals surface area contributed by atoms with Crippen LogP contribution in [0.15, 0.2) is 82.7 Å². The van der Waals surface area contributed by atoms with Gasteiger partial charge in [0.1, 0.15) is 11.4 Å². The number of ether oxygens (including phenoxy) is 1. The predicted octanol–water partition coefficient (Wildman–Crippen LogP) is 9.24. The van der Waals surface area contributed by atoms with E-state index in [1.54, 1.807) is 41.3 Å². The van der Waals surface area contributed by atoms with E-state index in [1.807, 2.05) is 30.3 Å². The number of carbonyl (C=O) groups excluding carboxylic acids is 2. The molecule has 8 rings (SSSR count). The van der Waals surface area contributed by atoms with E-state index in [1.165, 1.54) is 22.7 Å². The van der Waals surface area contributed by atoms with Gasteiger partial charge in [-0.2, -0.15) is 8.78 Å². The molecule has 1 amide bonds. The van der Waals surface area contributed by atoms with Crippen LogP contribution in [0.2, 0.25) is 0 Å². The molecule has 1 saturated heterocycles. The van der Waals surface area contributed by atoms with Crippen LogP contribution in [0, 0.1) is 29.1 Å². The van der Waals surface area contributed by atoms with Crippen molar-refractivity contribution in [2.24, 2.45) is 16.0 Å². The Hall–Kier alpha value is -6.07. The lowest BCUT2D eigenvalue weighted by Crippen LogP contribution is -2.28. The summed E-state index contributed by atoms with van der Waals surface area (Å²) in [6, 6.07) is 19.9. The molecule has 2 N–H and O–H groups in total. The molecule has 0 saturated carbocycles. The van der Waals surface area contributed by atoms with E-state index in [0.29, 0.717) is 44.4 Å². The van der Waals surface area contributed by atoms with Crippen molar-refractivity contribution in [3.05, 3.63) is 118 Å². The molecule has 2 aromatic heterocycles. The maximum Gasteiger partial charge on any atom is 0.359 e. The number of hydrogen-bond acceptors (Lipinski definition) is 11. The number of halogens is 5. The van der Waals surface area contributed by atoms with Gasteiger partial charge < -0.3 is 20.3 Å². The summed E-state index contributed by atoms with van der Waals surface area (Å²) < 4.78 is 74.0. The van der Waals surface area contributed by atoms with Crippen molar-refractivity contribution in [1.82, 2.24) is 9.97 Å². The van der Waals surface area contributed by atoms with Gasteiger partial charge >= 0.3 is 5.97 Å². The zero-order chi connectivity index (χ0) is 38.4. The second kappa shape index (κ2) is 14.6. The number of benzene rings is 4. The van der Waals surface area contributed by atoms with Crippen LogP contribution in [-0.4, -0.2) is 41.5 Å². The van der Waals surface area contributed by atoms with Crippen LogP contribution < -0.4 is 20.3 Å². The molecular weight excluding hydrogens is 762 g/mol. The van der Waals surface area contributed by atoms with Gasteiger partial charge in [-0.15, -0.1) is 10.2 Å². The van der Waals surface area contributed by atoms with Crippen LogP contribution in [-0.2, 0) is 11.2 Å². The van der Waals surface area contributed by atoms with Gasteiger partial charge in [-0.1, -0.05) is 65.1 Å². The molecule has 2 aliphatic rings. The van der Waals surface area contributed by atoms with Gasteiger partial charge in [0.15, 0.2) is 10.1 Å². The second-order valence-corrected chi connectivity index (χ2v) is 14.5. The summed E-state index contributed by atoms with van der Waals surface area (Å²) in [5.74, 6) is -15.2. The molecule has 0 aliphatic carbocycles. The molecule has 17 heteroatoms. The number of thiazole rings is 2. The van der Waals surface area contributed by atoms with Gasteiger partial charge in [0, 0.05) is 36.4 Å². The molecular formula is C38H26F5N7O3S2. The Bertz CT molecular complexity index is 2540. The molecule has 0 radical (unpaired) electrons. The van der Waals surface area contributed by atoms with Crippen molar-refractivity contribution in [3.8, 4) is 17.0 Å². The first kappa shape index (κ1) is 35.9. The number of nitrogens with zero attached hydrogens (tertiary/aromatic N) is 6. The van der Waals surface area contributed by atoms with Crippen molar-refractivity contribution in [2.45, 2.75) is 19.3 Å². The van der Waals surface area contributed by atoms with E-state index < -0.39 is 46.5 Å². The monoisotopic (exact) mass is 787 g/mol. The van der Waals surface area contributed by atoms with Gasteiger partial charge in [-0.25, -0.2) is 27.9 Å². The predicted molar refractivity (Wildman–Crippen MR) is 199 cm³/mol. The fraction of sp³-hybridized carbons (Fsp3) is 0.158. The number of esters is 1. The largest absolute Gasteiger partial charge is 0.415 e. The van der Waals surface area contributed by atoms with Gasteiger partial charge in [0.05, 0.1) is 10.2 Å². The average molecular weight is 788 g/mol. The van der Waals surface area contributed by atoms with Gasteiger partial charge in [0.2, 0.25) is 40.0 Å². The fourth-order valence-electron chi connectivity index (χ4n) is 6.39. The summed E-state index contributed by atoms with van der Waals surface area (Å²) in [5.41, 5.74) is 9.43. The van der Waals surface area contributed by atoms with Gasteiger partial charge in [0.25, 0.3) is 5.91 Å². The summed E-state index contributed by atoms with van der Waals surface area (Å²) in [6.07, 6.45) is 3.74. The first-order valence-electron chi connectivity index (χ1n) is 16.9. The van der Waals surface area contributed by atoms with Crippen LogP contribution in [0.25, 0.3) is 27.6 Å². The minimum absolute atomic E-state index is 0.284. The zero-order valence-electron chi connectivity index (χ0n) is 28.4. The highest BCUT2D eigenvalue weighted by Crippen LogP contribution is 2.42. The van der Waals surface area contributed by atoms with E-state index >= 15 is 0 Å². The first-order chi connectivity index (χ1) is 26.6. The number of rotatable bonds is 8. The van der Waals surface area contributed by atoms with Crippen LogP contribution >= 0.6 is 22.7 Å². The Balaban J connectivity index is 1.01. The summed E-state index contributed by atoms with van der Waals surface area (Å²) >= 11 is 2.77. The SMILES string of the molecule is N/C(=C\c1cccc2c1CCN2C(=O)c1ccc2nc(/N=N/c3sc(N4CCCC4)nc3-c3ccccc3)sc2c1)C(=O)Oc1c(F)c(F)c(F)c(F)c1F. The lowest BCUT2D eigenvalue weighted by Gasteiger charge is -2.18. The topological polar surface area (TPSA) is 126 Å². The van der Waals surface area contributed by atoms with Crippen LogP contribution in [0.5, 0.6) is 5.75 Å². The van der Waals surface area contributed by atoms with Crippen LogP contribution in [0.1, 0.15) is 34.3 Å². The quantitative estimate of drug-likeness (QED) is 0.0310. The van der Waals surface area contributed by atoms with E-state index in [2.05, 4.69) is 24.8 Å². The minimum atomic E-state index is -2.40. The summed E-state index contributed by atoms with van der Waals surface area (Å²) in [6.45, 7) is 2.18.